The first kappa shape index (κ1) is 16.1. The molecule has 2 aliphatic rings. The topological polar surface area (TPSA) is 64.3 Å². The van der Waals surface area contributed by atoms with Gasteiger partial charge in [-0.3, -0.25) is 14.8 Å². The van der Waals surface area contributed by atoms with E-state index in [2.05, 4.69) is 26.5 Å². The second-order valence-electron chi connectivity index (χ2n) is 6.23. The Morgan fingerprint density at radius 3 is 2.88 bits per heavy atom. The largest absolute Gasteiger partial charge is 0.335 e. The summed E-state index contributed by atoms with van der Waals surface area (Å²) < 4.78 is 0.829. The summed E-state index contributed by atoms with van der Waals surface area (Å²) in [5.74, 6) is 0.0509. The van der Waals surface area contributed by atoms with E-state index in [0.717, 1.165) is 67.8 Å². The zero-order valence-corrected chi connectivity index (χ0v) is 14.9. The molecule has 0 aliphatic carbocycles. The minimum absolute atomic E-state index is 0.0509. The van der Waals surface area contributed by atoms with Crippen LogP contribution in [0.2, 0.25) is 4.34 Å². The molecule has 0 bridgehead atoms. The molecule has 4 rings (SSSR count). The summed E-state index contributed by atoms with van der Waals surface area (Å²) in [4.78, 5) is 18.3. The highest BCUT2D eigenvalue weighted by molar-refractivity contribution is 7.16. The van der Waals surface area contributed by atoms with Crippen molar-refractivity contribution in [2.75, 3.05) is 32.7 Å². The van der Waals surface area contributed by atoms with Gasteiger partial charge in [-0.25, -0.2) is 0 Å². The summed E-state index contributed by atoms with van der Waals surface area (Å²) >= 11 is 7.61. The molecule has 0 atom stereocenters. The number of hydrogen-bond acceptors (Lipinski definition) is 5. The van der Waals surface area contributed by atoms with Crippen molar-refractivity contribution in [1.29, 1.82) is 0 Å². The fourth-order valence-corrected chi connectivity index (χ4v) is 4.45. The van der Waals surface area contributed by atoms with Gasteiger partial charge in [0.2, 0.25) is 0 Å². The van der Waals surface area contributed by atoms with E-state index in [9.17, 15) is 4.79 Å². The second kappa shape index (κ2) is 6.84. The van der Waals surface area contributed by atoms with E-state index in [0.29, 0.717) is 5.69 Å². The number of nitrogens with zero attached hydrogens (tertiary/aromatic N) is 3. The molecule has 8 heteroatoms. The molecule has 128 valence electrons. The Bertz CT molecular complexity index is 735. The average molecular weight is 366 g/mol. The van der Waals surface area contributed by atoms with Gasteiger partial charge in [-0.15, -0.1) is 11.3 Å². The van der Waals surface area contributed by atoms with Crippen molar-refractivity contribution in [3.05, 3.63) is 38.3 Å². The number of fused-ring (bicyclic) bond motifs is 1. The molecule has 2 aliphatic heterocycles. The summed E-state index contributed by atoms with van der Waals surface area (Å²) in [5, 5.41) is 10.6. The molecule has 0 saturated carbocycles. The van der Waals surface area contributed by atoms with E-state index in [1.54, 1.807) is 11.3 Å². The molecule has 2 aromatic rings. The Morgan fingerprint density at radius 1 is 1.29 bits per heavy atom. The third-order valence-electron chi connectivity index (χ3n) is 4.68. The Hall–Kier alpha value is -1.41. The minimum atomic E-state index is 0.0509. The van der Waals surface area contributed by atoms with E-state index >= 15 is 0 Å². The van der Waals surface area contributed by atoms with Crippen LogP contribution in [0, 0.1) is 0 Å². The predicted octanol–water partition coefficient (Wildman–Crippen LogP) is 1.73. The second-order valence-corrected chi connectivity index (χ2v) is 8.03. The molecule has 4 heterocycles. The molecule has 1 saturated heterocycles. The van der Waals surface area contributed by atoms with Crippen LogP contribution in [0.3, 0.4) is 0 Å². The van der Waals surface area contributed by atoms with Crippen LogP contribution in [-0.4, -0.2) is 58.6 Å². The van der Waals surface area contributed by atoms with Crippen molar-refractivity contribution in [2.45, 2.75) is 19.5 Å². The number of hydrogen-bond donors (Lipinski definition) is 2. The number of nitrogens with one attached hydrogen (secondary N) is 2. The molecule has 1 amide bonds. The maximum atomic E-state index is 12.8. The molecule has 24 heavy (non-hydrogen) atoms. The Balaban J connectivity index is 1.37. The lowest BCUT2D eigenvalue weighted by Crippen LogP contribution is -2.48. The van der Waals surface area contributed by atoms with E-state index in [-0.39, 0.29) is 5.91 Å². The van der Waals surface area contributed by atoms with Crippen molar-refractivity contribution in [3.63, 3.8) is 0 Å². The monoisotopic (exact) mass is 365 g/mol. The van der Waals surface area contributed by atoms with Gasteiger partial charge in [0.1, 0.15) is 0 Å². The molecule has 1 fully saturated rings. The number of carbonyl (C=O) groups excluding carboxylic acids is 1. The van der Waals surface area contributed by atoms with Gasteiger partial charge in [0.15, 0.2) is 5.69 Å². The number of H-pyrrole nitrogens is 1. The molecule has 6 nitrogen and oxygen atoms in total. The molecule has 2 aromatic heterocycles. The number of aromatic nitrogens is 2. The SMILES string of the molecule is O=C(c1n[nH]c2c1CNCC2)N1CCN(Cc2ccc(Cl)s2)CC1. The molecule has 0 aromatic carbocycles. The quantitative estimate of drug-likeness (QED) is 0.869. The van der Waals surface area contributed by atoms with Gasteiger partial charge in [0.05, 0.1) is 4.34 Å². The van der Waals surface area contributed by atoms with E-state index in [1.165, 1.54) is 4.88 Å². The Labute approximate surface area is 149 Å². The predicted molar refractivity (Wildman–Crippen MR) is 94.5 cm³/mol. The number of piperazine rings is 1. The minimum Gasteiger partial charge on any atom is -0.335 e. The number of amides is 1. The molecule has 0 unspecified atom stereocenters. The van der Waals surface area contributed by atoms with Gasteiger partial charge >= 0.3 is 0 Å². The maximum Gasteiger partial charge on any atom is 0.274 e. The smallest absolute Gasteiger partial charge is 0.274 e. The standard InChI is InChI=1S/C16H20ClN5OS/c17-14-2-1-11(24-14)10-21-5-7-22(8-6-21)16(23)15-12-9-18-4-3-13(12)19-20-15/h1-2,18H,3-10H2,(H,19,20). The van der Waals surface area contributed by atoms with Crippen LogP contribution >= 0.6 is 22.9 Å². The van der Waals surface area contributed by atoms with Crippen LogP contribution in [0.4, 0.5) is 0 Å². The number of rotatable bonds is 3. The van der Waals surface area contributed by atoms with Crippen molar-refractivity contribution >= 4 is 28.8 Å². The Morgan fingerprint density at radius 2 is 2.12 bits per heavy atom. The molecule has 0 radical (unpaired) electrons. The average Bonchev–Trinajstić information content (AvgIpc) is 3.21. The number of carbonyl (C=O) groups is 1. The molecular formula is C16H20ClN5OS. The Kier molecular flexibility index (Phi) is 4.58. The van der Waals surface area contributed by atoms with Gasteiger partial charge in [-0.05, 0) is 12.1 Å². The third kappa shape index (κ3) is 3.21. The highest BCUT2D eigenvalue weighted by atomic mass is 35.5. The van der Waals surface area contributed by atoms with Crippen LogP contribution in [0.25, 0.3) is 0 Å². The van der Waals surface area contributed by atoms with E-state index in [1.807, 2.05) is 11.0 Å². The van der Waals surface area contributed by atoms with Crippen molar-refractivity contribution in [1.82, 2.24) is 25.3 Å². The fourth-order valence-electron chi connectivity index (χ4n) is 3.32. The highest BCUT2D eigenvalue weighted by Crippen LogP contribution is 2.23. The molecule has 2 N–H and O–H groups in total. The summed E-state index contributed by atoms with van der Waals surface area (Å²) in [6.07, 6.45) is 0.909. The first-order valence-electron chi connectivity index (χ1n) is 8.23. The van der Waals surface area contributed by atoms with Crippen LogP contribution in [-0.2, 0) is 19.5 Å². The van der Waals surface area contributed by atoms with Crippen LogP contribution in [0.1, 0.15) is 26.6 Å². The van der Waals surface area contributed by atoms with Crippen molar-refractivity contribution in [2.24, 2.45) is 0 Å². The van der Waals surface area contributed by atoms with Gasteiger partial charge in [-0.1, -0.05) is 11.6 Å². The summed E-state index contributed by atoms with van der Waals surface area (Å²) in [7, 11) is 0. The van der Waals surface area contributed by atoms with Crippen LogP contribution < -0.4 is 5.32 Å². The van der Waals surface area contributed by atoms with E-state index in [4.69, 9.17) is 11.6 Å². The maximum absolute atomic E-state index is 12.8. The lowest BCUT2D eigenvalue weighted by molar-refractivity contribution is 0.0622. The first-order chi connectivity index (χ1) is 11.7. The van der Waals surface area contributed by atoms with Crippen LogP contribution in [0.5, 0.6) is 0 Å². The number of thiophene rings is 1. The van der Waals surface area contributed by atoms with E-state index < -0.39 is 0 Å². The van der Waals surface area contributed by atoms with Crippen molar-refractivity contribution < 1.29 is 4.79 Å². The van der Waals surface area contributed by atoms with Crippen molar-refractivity contribution in [3.8, 4) is 0 Å². The lowest BCUT2D eigenvalue weighted by Gasteiger charge is -2.34. The number of aromatic amines is 1. The fraction of sp³-hybridized carbons (Fsp3) is 0.500. The third-order valence-corrected chi connectivity index (χ3v) is 5.89. The van der Waals surface area contributed by atoms with Crippen LogP contribution in [0.15, 0.2) is 12.1 Å². The molecular weight excluding hydrogens is 346 g/mol. The van der Waals surface area contributed by atoms with Gasteiger partial charge in [0, 0.05) is 68.4 Å². The number of halogens is 1. The zero-order valence-electron chi connectivity index (χ0n) is 13.3. The van der Waals surface area contributed by atoms with Gasteiger partial charge in [0.25, 0.3) is 5.91 Å². The summed E-state index contributed by atoms with van der Waals surface area (Å²) in [6.45, 7) is 5.82. The van der Waals surface area contributed by atoms with Gasteiger partial charge < -0.3 is 10.2 Å². The molecule has 0 spiro atoms. The highest BCUT2D eigenvalue weighted by Gasteiger charge is 2.28. The summed E-state index contributed by atoms with van der Waals surface area (Å²) in [6, 6.07) is 4.02. The summed E-state index contributed by atoms with van der Waals surface area (Å²) in [5.41, 5.74) is 2.74. The normalized spacial score (nSPS) is 18.6. The first-order valence-corrected chi connectivity index (χ1v) is 9.43. The zero-order chi connectivity index (χ0) is 16.5. The lowest BCUT2D eigenvalue weighted by atomic mass is 10.1. The van der Waals surface area contributed by atoms with Gasteiger partial charge in [-0.2, -0.15) is 5.10 Å².